The number of alkyl halides is 15. The number of nitrogens with zero attached hydrogens (tertiary/aromatic N) is 3. The highest BCUT2D eigenvalue weighted by Crippen LogP contribution is 2.54. The first kappa shape index (κ1) is 59.2. The molecule has 13 rings (SSSR count). The molecule has 1 atom stereocenters. The minimum atomic E-state index is -5.47. The van der Waals surface area contributed by atoms with E-state index < -0.39 is 75.2 Å². The zero-order valence-electron chi connectivity index (χ0n) is 47.8. The molecule has 90 heavy (non-hydrogen) atoms. The van der Waals surface area contributed by atoms with Crippen LogP contribution in [0.15, 0.2) is 176 Å². The molecule has 0 aliphatic carbocycles. The Bertz CT molecular complexity index is 5030. The molecule has 0 amide bonds. The fourth-order valence-electron chi connectivity index (χ4n) is 13.3. The van der Waals surface area contributed by atoms with Gasteiger partial charge in [-0.1, -0.05) is 102 Å². The van der Waals surface area contributed by atoms with E-state index in [2.05, 4.69) is 4.85 Å². The Morgan fingerprint density at radius 2 is 0.633 bits per heavy atom. The first-order valence-corrected chi connectivity index (χ1v) is 27.9. The van der Waals surface area contributed by atoms with E-state index in [9.17, 15) is 26.3 Å². The molecule has 0 N–H and O–H groups in total. The van der Waals surface area contributed by atoms with Gasteiger partial charge < -0.3 is 9.13 Å². The van der Waals surface area contributed by atoms with E-state index in [1.54, 1.807) is 39.5 Å². The largest absolute Gasteiger partial charge is 0.416 e. The van der Waals surface area contributed by atoms with Crippen LogP contribution in [-0.2, 0) is 36.3 Å². The van der Waals surface area contributed by atoms with Crippen molar-refractivity contribution in [2.24, 2.45) is 0 Å². The maximum absolute atomic E-state index is 15.5. The van der Waals surface area contributed by atoms with Gasteiger partial charge in [0, 0.05) is 21.5 Å². The zero-order chi connectivity index (χ0) is 64.3. The van der Waals surface area contributed by atoms with Gasteiger partial charge in [-0.05, 0) is 192 Å². The molecule has 1 aliphatic heterocycles. The molecule has 1 aliphatic rings. The molecule has 1 unspecified atom stereocenters. The predicted molar refractivity (Wildman–Crippen MR) is 318 cm³/mol. The Morgan fingerprint density at radius 1 is 0.300 bits per heavy atom. The number of aromatic nitrogens is 2. The van der Waals surface area contributed by atoms with E-state index in [0.717, 1.165) is 47.0 Å². The summed E-state index contributed by atoms with van der Waals surface area (Å²) in [6.07, 6.45) is -25.7. The van der Waals surface area contributed by atoms with Gasteiger partial charge in [0.25, 0.3) is 0 Å². The Hall–Kier alpha value is -9.76. The van der Waals surface area contributed by atoms with Crippen LogP contribution in [0.5, 0.6) is 0 Å². The summed E-state index contributed by atoms with van der Waals surface area (Å²) >= 11 is 0. The lowest BCUT2D eigenvalue weighted by Gasteiger charge is -2.38. The molecule has 4 bridgehead atoms. The van der Waals surface area contributed by atoms with Crippen LogP contribution in [0.25, 0.3) is 93.2 Å². The van der Waals surface area contributed by atoms with Crippen LogP contribution in [0.4, 0.5) is 71.5 Å². The third kappa shape index (κ3) is 9.80. The molecular weight excluding hydrogens is 1190 g/mol. The van der Waals surface area contributed by atoms with Crippen molar-refractivity contribution in [1.82, 2.24) is 9.13 Å². The molecule has 0 saturated carbocycles. The first-order chi connectivity index (χ1) is 42.2. The van der Waals surface area contributed by atoms with Gasteiger partial charge in [-0.2, -0.15) is 65.9 Å². The summed E-state index contributed by atoms with van der Waals surface area (Å²) in [5, 5.41) is 1.56. The number of hydrogen-bond donors (Lipinski definition) is 0. The fourth-order valence-corrected chi connectivity index (χ4v) is 13.3. The minimum Gasteiger partial charge on any atom is -0.308 e. The molecule has 12 aromatic rings. The number of hydrogen-bond acceptors (Lipinski definition) is 0. The fraction of sp³-hybridized carbons (Fsp3) is 0.153. The average Bonchev–Trinajstić information content (AvgIpc) is 1.48. The summed E-state index contributed by atoms with van der Waals surface area (Å²) in [5.41, 5.74) is -6.26. The van der Waals surface area contributed by atoms with Gasteiger partial charge >= 0.3 is 30.9 Å². The number of aryl methyl sites for hydroxylation is 5. The molecule has 18 heteroatoms. The van der Waals surface area contributed by atoms with Crippen molar-refractivity contribution < 1.29 is 65.9 Å². The van der Waals surface area contributed by atoms with Gasteiger partial charge in [-0.3, -0.25) is 0 Å². The third-order valence-corrected chi connectivity index (χ3v) is 17.0. The van der Waals surface area contributed by atoms with E-state index >= 15 is 39.5 Å². The van der Waals surface area contributed by atoms with Crippen LogP contribution in [0.3, 0.4) is 0 Å². The maximum Gasteiger partial charge on any atom is 0.416 e. The molecule has 2 aromatic heterocycles. The summed E-state index contributed by atoms with van der Waals surface area (Å²) in [6.45, 7) is 16.8. The lowest BCUT2D eigenvalue weighted by Crippen LogP contribution is -2.33. The summed E-state index contributed by atoms with van der Waals surface area (Å²) in [6, 6.07) is 38.1. The molecule has 0 spiro atoms. The number of rotatable bonds is 5. The van der Waals surface area contributed by atoms with Gasteiger partial charge in [0.05, 0.1) is 73.2 Å². The second-order valence-electron chi connectivity index (χ2n) is 23.2. The standard InChI is InChI=1S/C72H44F15N3/c1-36-15-37(2)17-43(16-36)41-7-11-56-58-14-10-47-33-64(58)90(62(56)26-41)66-35-60(88-6)59(45-19-39(4)22-51(25-45)69(76,77)78)34-65(66)89-61-27-42(44-18-38(3)21-50(24-44)68(73,74)75)8-12-55(61)57-13-9-46(32-63(57)89)67(47,48-20-40(5)23-52(28-48)70(79,80)81)49-29-53(71(82,83)84)31-54(30-49)72(85,86)87/h7-35H,1-5H3. The summed E-state index contributed by atoms with van der Waals surface area (Å²) < 4.78 is 231. The van der Waals surface area contributed by atoms with Crippen molar-refractivity contribution in [3.8, 4) is 44.8 Å². The molecule has 10 aromatic carbocycles. The quantitative estimate of drug-likeness (QED) is 0.120. The van der Waals surface area contributed by atoms with Crippen molar-refractivity contribution in [2.45, 2.75) is 70.9 Å². The second kappa shape index (κ2) is 20.1. The average molecular weight is 1240 g/mol. The molecule has 452 valence electrons. The molecule has 3 heterocycles. The number of halogens is 15. The maximum atomic E-state index is 15.5. The van der Waals surface area contributed by atoms with Gasteiger partial charge in [0.15, 0.2) is 5.69 Å². The van der Waals surface area contributed by atoms with Crippen molar-refractivity contribution in [2.75, 3.05) is 0 Å². The van der Waals surface area contributed by atoms with E-state index in [-0.39, 0.29) is 89.7 Å². The Labute approximate surface area is 503 Å². The highest BCUT2D eigenvalue weighted by Gasteiger charge is 2.46. The Kier molecular flexibility index (Phi) is 13.2. The van der Waals surface area contributed by atoms with E-state index in [4.69, 9.17) is 6.57 Å². The summed E-state index contributed by atoms with van der Waals surface area (Å²) in [5.74, 6) is 0. The van der Waals surface area contributed by atoms with Crippen LogP contribution < -0.4 is 0 Å². The number of fused-ring (bicyclic) bond motifs is 11. The second-order valence-corrected chi connectivity index (χ2v) is 23.2. The third-order valence-electron chi connectivity index (χ3n) is 17.0. The highest BCUT2D eigenvalue weighted by molar-refractivity contribution is 6.14. The van der Waals surface area contributed by atoms with Crippen molar-refractivity contribution >= 4 is 49.3 Å². The van der Waals surface area contributed by atoms with Crippen molar-refractivity contribution in [3.05, 3.63) is 265 Å². The minimum absolute atomic E-state index is 0.0292. The van der Waals surface area contributed by atoms with E-state index in [1.807, 2.05) is 44.2 Å². The molecule has 3 nitrogen and oxygen atoms in total. The topological polar surface area (TPSA) is 14.2 Å². The van der Waals surface area contributed by atoms with Gasteiger partial charge in [0.2, 0.25) is 0 Å². The normalized spacial score (nSPS) is 14.7. The molecule has 0 saturated heterocycles. The van der Waals surface area contributed by atoms with Crippen molar-refractivity contribution in [1.29, 1.82) is 0 Å². The lowest BCUT2D eigenvalue weighted by molar-refractivity contribution is -0.143. The number of benzene rings is 10. The van der Waals surface area contributed by atoms with Gasteiger partial charge in [0.1, 0.15) is 0 Å². The molecular formula is C72H44F15N3. The SMILES string of the molecule is [C-]#[N+]c1cc2c(cc1-c1cc(C)cc(C(F)(F)F)c1)-n1c3cc(-c4cc(C)cc(C(F)(F)F)c4)ccc3c3ccc(cc31)C(c1cc(C)cc(C(F)(F)F)c1)(c1cc(C(F)(F)F)cc(C(F)(F)F)c1)c1ccc3c4ccc(-c5cc(C)cc(C)c5)cc4n-2c3c1. The molecule has 0 fully saturated rings. The van der Waals surface area contributed by atoms with Crippen LogP contribution in [0.2, 0.25) is 0 Å². The lowest BCUT2D eigenvalue weighted by atomic mass is 9.64. The Balaban J connectivity index is 1.31. The predicted octanol–water partition coefficient (Wildman–Crippen LogP) is 22.8. The highest BCUT2D eigenvalue weighted by atomic mass is 19.4. The van der Waals surface area contributed by atoms with Crippen molar-refractivity contribution in [3.63, 3.8) is 0 Å². The van der Waals surface area contributed by atoms with E-state index in [0.29, 0.717) is 50.8 Å². The molecule has 0 radical (unpaired) electrons. The van der Waals surface area contributed by atoms with Gasteiger partial charge in [-0.15, -0.1) is 0 Å². The monoisotopic (exact) mass is 1240 g/mol. The van der Waals surface area contributed by atoms with Crippen LogP contribution in [0.1, 0.15) is 77.9 Å². The smallest absolute Gasteiger partial charge is 0.308 e. The zero-order valence-corrected chi connectivity index (χ0v) is 47.8. The van der Waals surface area contributed by atoms with Crippen LogP contribution in [-0.4, -0.2) is 9.13 Å². The van der Waals surface area contributed by atoms with Crippen LogP contribution >= 0.6 is 0 Å². The summed E-state index contributed by atoms with van der Waals surface area (Å²) in [7, 11) is 0. The van der Waals surface area contributed by atoms with Gasteiger partial charge in [-0.25, -0.2) is 4.85 Å². The van der Waals surface area contributed by atoms with E-state index in [1.165, 1.54) is 81.4 Å². The Morgan fingerprint density at radius 3 is 1.07 bits per heavy atom. The first-order valence-electron chi connectivity index (χ1n) is 27.9. The summed E-state index contributed by atoms with van der Waals surface area (Å²) in [4.78, 5) is 3.92. The van der Waals surface area contributed by atoms with Crippen LogP contribution in [0, 0.1) is 41.2 Å².